The van der Waals surface area contributed by atoms with Crippen molar-refractivity contribution in [3.05, 3.63) is 135 Å². The Kier molecular flexibility index (Phi) is 11.8. The molecular weight excluding hydrogens is 683 g/mol. The highest BCUT2D eigenvalue weighted by atomic mass is 16.5. The van der Waals surface area contributed by atoms with Crippen LogP contribution >= 0.6 is 0 Å². The zero-order chi connectivity index (χ0) is 41.7. The van der Waals surface area contributed by atoms with Gasteiger partial charge in [-0.05, 0) is 120 Å². The Morgan fingerprint density at radius 1 is 0.429 bits per heavy atom. The van der Waals surface area contributed by atoms with E-state index >= 15 is 0 Å². The number of aryl methyl sites for hydroxylation is 1. The summed E-state index contributed by atoms with van der Waals surface area (Å²) in [6, 6.07) is 31.9. The third kappa shape index (κ3) is 9.04. The molecule has 0 radical (unpaired) electrons. The second-order valence-electron chi connectivity index (χ2n) is 20.3. The normalized spacial score (nSPS) is 13.7. The van der Waals surface area contributed by atoms with Crippen molar-refractivity contribution >= 4 is 5.69 Å². The van der Waals surface area contributed by atoms with Crippen LogP contribution in [0.25, 0.3) is 22.3 Å². The van der Waals surface area contributed by atoms with Crippen LogP contribution in [0.1, 0.15) is 159 Å². The highest BCUT2D eigenvalue weighted by Gasteiger charge is 2.27. The number of ether oxygens (including phenoxy) is 2. The average molecular weight is 752 g/mol. The first-order valence-corrected chi connectivity index (χ1v) is 20.4. The number of hydrogen-bond acceptors (Lipinski definition) is 3. The van der Waals surface area contributed by atoms with E-state index in [1.54, 1.807) is 14.2 Å². The molecule has 0 heterocycles. The van der Waals surface area contributed by atoms with Crippen LogP contribution < -0.4 is 15.2 Å². The molecule has 0 amide bonds. The van der Waals surface area contributed by atoms with Crippen LogP contribution in [0.15, 0.2) is 84.9 Å². The van der Waals surface area contributed by atoms with Gasteiger partial charge in [-0.2, -0.15) is 0 Å². The largest absolute Gasteiger partial charge is 0.497 e. The van der Waals surface area contributed by atoms with E-state index in [-0.39, 0.29) is 33.5 Å². The van der Waals surface area contributed by atoms with Crippen molar-refractivity contribution in [2.24, 2.45) is 0 Å². The van der Waals surface area contributed by atoms with E-state index in [4.69, 9.17) is 15.2 Å². The lowest BCUT2D eigenvalue weighted by Gasteiger charge is -2.28. The molecule has 56 heavy (non-hydrogen) atoms. The second-order valence-corrected chi connectivity index (χ2v) is 20.3. The standard InChI is InChI=1S/C53H69NO2/c1-32-22-45(33(2)43-20-18-41(55-16)30-47(43)35-24-37(50(4,5)6)28-38(25-35)51(7,8)9)49(54)46(23-32)34(3)44-21-19-42(56-17)31-48(44)36-26-39(52(10,11)12)29-40(27-36)53(13,14)15/h18-31,33-34H,54H2,1-17H3/t33-,34-/m1/s1. The molecule has 0 saturated heterocycles. The molecule has 3 nitrogen and oxygen atoms in total. The van der Waals surface area contributed by atoms with Gasteiger partial charge in [-0.1, -0.05) is 163 Å². The molecule has 0 aliphatic carbocycles. The Bertz CT molecular complexity index is 1990. The number of anilines is 1. The first kappa shape index (κ1) is 42.6. The van der Waals surface area contributed by atoms with Crippen LogP contribution in [-0.2, 0) is 21.7 Å². The van der Waals surface area contributed by atoms with Crippen molar-refractivity contribution in [1.29, 1.82) is 0 Å². The minimum absolute atomic E-state index is 0.00461. The van der Waals surface area contributed by atoms with Crippen molar-refractivity contribution in [3.63, 3.8) is 0 Å². The Labute approximate surface area is 340 Å². The maximum absolute atomic E-state index is 7.39. The van der Waals surface area contributed by atoms with Crippen molar-refractivity contribution < 1.29 is 9.47 Å². The third-order valence-electron chi connectivity index (χ3n) is 11.7. The summed E-state index contributed by atoms with van der Waals surface area (Å²) >= 11 is 0. The van der Waals surface area contributed by atoms with E-state index in [0.717, 1.165) is 28.3 Å². The zero-order valence-corrected chi connectivity index (χ0v) is 37.6. The number of methoxy groups -OCH3 is 2. The van der Waals surface area contributed by atoms with Gasteiger partial charge in [0.2, 0.25) is 0 Å². The Hall–Kier alpha value is -4.50. The maximum Gasteiger partial charge on any atom is 0.119 e. The summed E-state index contributed by atoms with van der Waals surface area (Å²) in [7, 11) is 3.49. The van der Waals surface area contributed by atoms with Gasteiger partial charge in [0.1, 0.15) is 11.5 Å². The predicted octanol–water partition coefficient (Wildman–Crippen LogP) is 14.4. The first-order valence-electron chi connectivity index (χ1n) is 20.4. The van der Waals surface area contributed by atoms with Gasteiger partial charge in [0, 0.05) is 17.5 Å². The Balaban J connectivity index is 1.70. The van der Waals surface area contributed by atoms with Gasteiger partial charge in [0.05, 0.1) is 14.2 Å². The summed E-state index contributed by atoms with van der Waals surface area (Å²) < 4.78 is 11.7. The van der Waals surface area contributed by atoms with Gasteiger partial charge < -0.3 is 15.2 Å². The molecule has 0 saturated carbocycles. The lowest BCUT2D eigenvalue weighted by Crippen LogP contribution is -2.17. The topological polar surface area (TPSA) is 44.5 Å². The van der Waals surface area contributed by atoms with Crippen LogP contribution in [0.2, 0.25) is 0 Å². The lowest BCUT2D eigenvalue weighted by atomic mass is 9.77. The molecule has 3 heteroatoms. The van der Waals surface area contributed by atoms with E-state index in [2.05, 4.69) is 189 Å². The van der Waals surface area contributed by atoms with Crippen molar-refractivity contribution in [1.82, 2.24) is 0 Å². The highest BCUT2D eigenvalue weighted by Crippen LogP contribution is 2.45. The molecule has 0 aromatic heterocycles. The van der Waals surface area contributed by atoms with Crippen LogP contribution in [0.3, 0.4) is 0 Å². The molecule has 0 fully saturated rings. The van der Waals surface area contributed by atoms with E-state index in [1.165, 1.54) is 61.2 Å². The molecule has 2 atom stereocenters. The molecule has 0 aliphatic heterocycles. The van der Waals surface area contributed by atoms with Crippen molar-refractivity contribution in [3.8, 4) is 33.8 Å². The van der Waals surface area contributed by atoms with Gasteiger partial charge in [0.25, 0.3) is 0 Å². The van der Waals surface area contributed by atoms with Crippen LogP contribution in [0.4, 0.5) is 5.69 Å². The highest BCUT2D eigenvalue weighted by molar-refractivity contribution is 5.76. The molecule has 0 spiro atoms. The summed E-state index contributed by atoms with van der Waals surface area (Å²) in [4.78, 5) is 0. The van der Waals surface area contributed by atoms with Crippen LogP contribution in [-0.4, -0.2) is 14.2 Å². The summed E-state index contributed by atoms with van der Waals surface area (Å²) in [6.45, 7) is 34.3. The SMILES string of the molecule is COc1ccc([C@@H](C)c2cc(C)cc([C@H](C)c3ccc(OC)cc3-c3cc(C(C)(C)C)cc(C(C)(C)C)c3)c2N)c(-c2cc(C(C)(C)C)cc(C(C)(C)C)c2)c1. The fourth-order valence-corrected chi connectivity index (χ4v) is 7.78. The maximum atomic E-state index is 7.39. The first-order chi connectivity index (χ1) is 25.8. The number of hydrogen-bond donors (Lipinski definition) is 1. The molecule has 5 rings (SSSR count). The molecule has 5 aromatic rings. The Morgan fingerprint density at radius 2 is 0.732 bits per heavy atom. The lowest BCUT2D eigenvalue weighted by molar-refractivity contribution is 0.414. The molecule has 298 valence electrons. The fourth-order valence-electron chi connectivity index (χ4n) is 7.78. The summed E-state index contributed by atoms with van der Waals surface area (Å²) in [6.07, 6.45) is 0. The smallest absolute Gasteiger partial charge is 0.119 e. The predicted molar refractivity (Wildman–Crippen MR) is 242 cm³/mol. The van der Waals surface area contributed by atoms with E-state index in [9.17, 15) is 0 Å². The molecule has 0 bridgehead atoms. The summed E-state index contributed by atoms with van der Waals surface area (Å²) in [5.74, 6) is 1.73. The zero-order valence-electron chi connectivity index (χ0n) is 37.6. The van der Waals surface area contributed by atoms with E-state index < -0.39 is 0 Å². The van der Waals surface area contributed by atoms with Gasteiger partial charge >= 0.3 is 0 Å². The minimum Gasteiger partial charge on any atom is -0.497 e. The molecular formula is C53H69NO2. The number of rotatable bonds is 8. The van der Waals surface area contributed by atoms with Gasteiger partial charge in [-0.25, -0.2) is 0 Å². The Morgan fingerprint density at radius 3 is 1.00 bits per heavy atom. The summed E-state index contributed by atoms with van der Waals surface area (Å²) in [5, 5.41) is 0. The number of benzene rings is 5. The quantitative estimate of drug-likeness (QED) is 0.161. The molecule has 0 aliphatic rings. The van der Waals surface area contributed by atoms with Gasteiger partial charge in [-0.15, -0.1) is 0 Å². The van der Waals surface area contributed by atoms with Crippen LogP contribution in [0, 0.1) is 6.92 Å². The van der Waals surface area contributed by atoms with Gasteiger partial charge in [-0.3, -0.25) is 0 Å². The molecule has 2 N–H and O–H groups in total. The van der Waals surface area contributed by atoms with Crippen molar-refractivity contribution in [2.45, 2.75) is 137 Å². The fraction of sp³-hybridized carbons (Fsp3) is 0.434. The number of nitrogens with two attached hydrogens (primary N) is 1. The second kappa shape index (κ2) is 15.4. The summed E-state index contributed by atoms with van der Waals surface area (Å²) in [5.41, 5.74) is 24.2. The molecule has 0 unspecified atom stereocenters. The van der Waals surface area contributed by atoms with Crippen molar-refractivity contribution in [2.75, 3.05) is 20.0 Å². The van der Waals surface area contributed by atoms with Gasteiger partial charge in [0.15, 0.2) is 0 Å². The minimum atomic E-state index is -0.00461. The van der Waals surface area contributed by atoms with Crippen LogP contribution in [0.5, 0.6) is 11.5 Å². The van der Waals surface area contributed by atoms with E-state index in [0.29, 0.717) is 0 Å². The third-order valence-corrected chi connectivity index (χ3v) is 11.7. The molecule has 5 aromatic carbocycles. The number of nitrogen functional groups attached to an aromatic ring is 1. The average Bonchev–Trinajstić information content (AvgIpc) is 3.12. The van der Waals surface area contributed by atoms with E-state index in [1.807, 2.05) is 0 Å². The monoisotopic (exact) mass is 752 g/mol.